The van der Waals surface area contributed by atoms with Crippen molar-refractivity contribution in [3.8, 4) is 0 Å². The lowest BCUT2D eigenvalue weighted by Crippen LogP contribution is -2.32. The van der Waals surface area contributed by atoms with Gasteiger partial charge in [-0.15, -0.1) is 11.8 Å². The second-order valence-corrected chi connectivity index (χ2v) is 5.89. The number of carbonyl (C=O) groups is 2. The summed E-state index contributed by atoms with van der Waals surface area (Å²) in [6.45, 7) is 2.04. The first-order valence-electron chi connectivity index (χ1n) is 7.05. The van der Waals surface area contributed by atoms with E-state index in [0.29, 0.717) is 5.56 Å². The van der Waals surface area contributed by atoms with Crippen LogP contribution in [0.1, 0.15) is 17.3 Å². The topological polar surface area (TPSA) is 58.2 Å². The highest BCUT2D eigenvalue weighted by Gasteiger charge is 2.07. The molecule has 0 saturated carbocycles. The van der Waals surface area contributed by atoms with Crippen LogP contribution < -0.4 is 10.6 Å². The molecular weight excluding hydrogens is 296 g/mol. The Morgan fingerprint density at radius 2 is 1.68 bits per heavy atom. The third-order valence-corrected chi connectivity index (χ3v) is 3.79. The zero-order valence-electron chi connectivity index (χ0n) is 12.3. The van der Waals surface area contributed by atoms with Crippen molar-refractivity contribution in [2.75, 3.05) is 17.6 Å². The molecule has 0 atom stereocenters. The van der Waals surface area contributed by atoms with E-state index >= 15 is 0 Å². The first kappa shape index (κ1) is 16.1. The second-order valence-electron chi connectivity index (χ2n) is 4.55. The Kier molecular flexibility index (Phi) is 6.03. The normalized spacial score (nSPS) is 10.0. The molecule has 2 N–H and O–H groups in total. The molecule has 2 rings (SSSR count). The van der Waals surface area contributed by atoms with Crippen LogP contribution in [0.4, 0.5) is 5.69 Å². The van der Waals surface area contributed by atoms with Crippen molar-refractivity contribution >= 4 is 29.3 Å². The highest BCUT2D eigenvalue weighted by atomic mass is 32.2. The van der Waals surface area contributed by atoms with Gasteiger partial charge < -0.3 is 10.6 Å². The van der Waals surface area contributed by atoms with Gasteiger partial charge >= 0.3 is 0 Å². The molecule has 0 radical (unpaired) electrons. The van der Waals surface area contributed by atoms with Gasteiger partial charge in [0, 0.05) is 16.1 Å². The number of nitrogens with one attached hydrogen (secondary N) is 2. The Bertz CT molecular complexity index is 627. The maximum atomic E-state index is 11.8. The van der Waals surface area contributed by atoms with E-state index in [1.165, 1.54) is 0 Å². The molecule has 0 unspecified atom stereocenters. The molecular formula is C17H18N2O2S. The summed E-state index contributed by atoms with van der Waals surface area (Å²) in [5.74, 6) is 0.502. The van der Waals surface area contributed by atoms with Crippen molar-refractivity contribution in [1.82, 2.24) is 5.32 Å². The van der Waals surface area contributed by atoms with E-state index < -0.39 is 0 Å². The van der Waals surface area contributed by atoms with Crippen LogP contribution in [0.5, 0.6) is 0 Å². The predicted molar refractivity (Wildman–Crippen MR) is 90.2 cm³/mol. The molecule has 0 saturated heterocycles. The minimum atomic E-state index is -0.259. The number of amides is 2. The molecule has 0 bridgehead atoms. The fraction of sp³-hybridized carbons (Fsp3) is 0.176. The van der Waals surface area contributed by atoms with Crippen LogP contribution in [-0.2, 0) is 4.79 Å². The minimum Gasteiger partial charge on any atom is -0.343 e. The van der Waals surface area contributed by atoms with E-state index in [2.05, 4.69) is 17.6 Å². The Labute approximate surface area is 134 Å². The lowest BCUT2D eigenvalue weighted by Gasteiger charge is -2.07. The number of carbonyl (C=O) groups excluding carboxylic acids is 2. The van der Waals surface area contributed by atoms with Crippen molar-refractivity contribution in [3.63, 3.8) is 0 Å². The Morgan fingerprint density at radius 1 is 1.00 bits per heavy atom. The molecule has 0 aliphatic rings. The quantitative estimate of drug-likeness (QED) is 0.805. The molecule has 22 heavy (non-hydrogen) atoms. The van der Waals surface area contributed by atoms with Gasteiger partial charge in [-0.05, 0) is 42.2 Å². The largest absolute Gasteiger partial charge is 0.343 e. The van der Waals surface area contributed by atoms with Gasteiger partial charge in [-0.25, -0.2) is 0 Å². The lowest BCUT2D eigenvalue weighted by atomic mass is 10.2. The molecule has 0 aromatic heterocycles. The van der Waals surface area contributed by atoms with Crippen LogP contribution in [0.15, 0.2) is 59.5 Å². The molecule has 2 aromatic carbocycles. The monoisotopic (exact) mass is 314 g/mol. The van der Waals surface area contributed by atoms with Gasteiger partial charge in [-0.1, -0.05) is 25.1 Å². The summed E-state index contributed by atoms with van der Waals surface area (Å²) in [7, 11) is 0. The van der Waals surface area contributed by atoms with Crippen LogP contribution in [0.25, 0.3) is 0 Å². The van der Waals surface area contributed by atoms with Gasteiger partial charge in [0.1, 0.15) is 0 Å². The highest BCUT2D eigenvalue weighted by Crippen LogP contribution is 2.19. The number of benzene rings is 2. The van der Waals surface area contributed by atoms with Gasteiger partial charge in [0.25, 0.3) is 5.91 Å². The molecule has 5 heteroatoms. The van der Waals surface area contributed by atoms with Gasteiger partial charge in [0.05, 0.1) is 6.54 Å². The Balaban J connectivity index is 1.81. The molecule has 2 aromatic rings. The fourth-order valence-corrected chi connectivity index (χ4v) is 2.52. The van der Waals surface area contributed by atoms with Crippen molar-refractivity contribution in [1.29, 1.82) is 0 Å². The van der Waals surface area contributed by atoms with E-state index in [1.807, 2.05) is 30.3 Å². The van der Waals surface area contributed by atoms with E-state index in [1.54, 1.807) is 36.0 Å². The molecule has 2 amide bonds. The molecule has 114 valence electrons. The van der Waals surface area contributed by atoms with E-state index in [0.717, 1.165) is 16.3 Å². The summed E-state index contributed by atoms with van der Waals surface area (Å²) < 4.78 is 0. The first-order chi connectivity index (χ1) is 10.7. The number of anilines is 1. The van der Waals surface area contributed by atoms with E-state index in [9.17, 15) is 9.59 Å². The van der Waals surface area contributed by atoms with Gasteiger partial charge in [-0.2, -0.15) is 0 Å². The number of hydrogen-bond acceptors (Lipinski definition) is 3. The summed E-state index contributed by atoms with van der Waals surface area (Å²) in [6, 6.07) is 16.5. The predicted octanol–water partition coefficient (Wildman–Crippen LogP) is 3.17. The SMILES string of the molecule is CCSc1ccc(NC(=O)CNC(=O)c2ccccc2)cc1. The van der Waals surface area contributed by atoms with Gasteiger partial charge in [0.15, 0.2) is 0 Å². The maximum absolute atomic E-state index is 11.8. The third-order valence-electron chi connectivity index (χ3n) is 2.89. The Hall–Kier alpha value is -2.27. The lowest BCUT2D eigenvalue weighted by molar-refractivity contribution is -0.115. The molecule has 0 heterocycles. The van der Waals surface area contributed by atoms with Gasteiger partial charge in [0.2, 0.25) is 5.91 Å². The van der Waals surface area contributed by atoms with Crippen LogP contribution >= 0.6 is 11.8 Å². The van der Waals surface area contributed by atoms with Crippen molar-refractivity contribution in [2.45, 2.75) is 11.8 Å². The molecule has 0 spiro atoms. The average Bonchev–Trinajstić information content (AvgIpc) is 2.55. The first-order valence-corrected chi connectivity index (χ1v) is 8.03. The highest BCUT2D eigenvalue weighted by molar-refractivity contribution is 7.99. The summed E-state index contributed by atoms with van der Waals surface area (Å²) in [5, 5.41) is 5.35. The summed E-state index contributed by atoms with van der Waals surface area (Å²) in [5.41, 5.74) is 1.26. The fourth-order valence-electron chi connectivity index (χ4n) is 1.86. The molecule has 0 aliphatic carbocycles. The minimum absolute atomic E-state index is 0.0564. The van der Waals surface area contributed by atoms with Crippen LogP contribution in [0.2, 0.25) is 0 Å². The van der Waals surface area contributed by atoms with Gasteiger partial charge in [-0.3, -0.25) is 9.59 Å². The van der Waals surface area contributed by atoms with E-state index in [-0.39, 0.29) is 18.4 Å². The third kappa shape index (κ3) is 4.93. The average molecular weight is 314 g/mol. The molecule has 0 fully saturated rings. The van der Waals surface area contributed by atoms with Crippen LogP contribution in [-0.4, -0.2) is 24.1 Å². The summed E-state index contributed by atoms with van der Waals surface area (Å²) in [6.07, 6.45) is 0. The maximum Gasteiger partial charge on any atom is 0.251 e. The van der Waals surface area contributed by atoms with E-state index in [4.69, 9.17) is 0 Å². The van der Waals surface area contributed by atoms with Crippen molar-refractivity contribution in [3.05, 3.63) is 60.2 Å². The van der Waals surface area contributed by atoms with Crippen molar-refractivity contribution in [2.24, 2.45) is 0 Å². The number of thioether (sulfide) groups is 1. The number of hydrogen-bond donors (Lipinski definition) is 2. The summed E-state index contributed by atoms with van der Waals surface area (Å²) in [4.78, 5) is 24.8. The smallest absolute Gasteiger partial charge is 0.251 e. The van der Waals surface area contributed by atoms with Crippen molar-refractivity contribution < 1.29 is 9.59 Å². The zero-order chi connectivity index (χ0) is 15.8. The summed E-state index contributed by atoms with van der Waals surface area (Å²) >= 11 is 1.74. The standard InChI is InChI=1S/C17H18N2O2S/c1-2-22-15-10-8-14(9-11-15)19-16(20)12-18-17(21)13-6-4-3-5-7-13/h3-11H,2,12H2,1H3,(H,18,21)(H,19,20). The second kappa shape index (κ2) is 8.24. The van der Waals surface area contributed by atoms with Crippen LogP contribution in [0, 0.1) is 0 Å². The zero-order valence-corrected chi connectivity index (χ0v) is 13.2. The molecule has 0 aliphatic heterocycles. The Morgan fingerprint density at radius 3 is 2.32 bits per heavy atom. The van der Waals surface area contributed by atoms with Crippen LogP contribution in [0.3, 0.4) is 0 Å². The number of rotatable bonds is 6. The molecule has 4 nitrogen and oxygen atoms in total.